The molecule has 2 aromatic carbocycles. The lowest BCUT2D eigenvalue weighted by Crippen LogP contribution is -2.02. The quantitative estimate of drug-likeness (QED) is 0.719. The van der Waals surface area contributed by atoms with Gasteiger partial charge in [-0.15, -0.1) is 5.10 Å². The Morgan fingerprint density at radius 3 is 2.73 bits per heavy atom. The van der Waals surface area contributed by atoms with E-state index in [1.807, 2.05) is 28.9 Å². The monoisotopic (exact) mass is 293 g/mol. The van der Waals surface area contributed by atoms with Crippen molar-refractivity contribution in [2.75, 3.05) is 0 Å². The minimum absolute atomic E-state index is 0.573. The molecule has 0 unspecified atom stereocenters. The number of nitrogens with zero attached hydrogens (tertiary/aromatic N) is 3. The van der Waals surface area contributed by atoms with Crippen molar-refractivity contribution in [3.63, 3.8) is 0 Å². The molecule has 4 nitrogen and oxygen atoms in total. The van der Waals surface area contributed by atoms with E-state index < -0.39 is 0 Å². The second-order valence-electron chi connectivity index (χ2n) is 6.05. The van der Waals surface area contributed by atoms with Crippen LogP contribution in [0.4, 0.5) is 0 Å². The van der Waals surface area contributed by atoms with E-state index in [0.717, 1.165) is 34.8 Å². The molecule has 4 rings (SSSR count). The molecule has 3 aromatic rings. The average Bonchev–Trinajstić information content (AvgIpc) is 3.27. The highest BCUT2D eigenvalue weighted by Gasteiger charge is 2.23. The van der Waals surface area contributed by atoms with Crippen LogP contribution in [0.5, 0.6) is 5.75 Å². The van der Waals surface area contributed by atoms with E-state index in [-0.39, 0.29) is 0 Å². The van der Waals surface area contributed by atoms with E-state index in [4.69, 9.17) is 4.74 Å². The van der Waals surface area contributed by atoms with Gasteiger partial charge in [-0.05, 0) is 43.4 Å². The zero-order valence-electron chi connectivity index (χ0n) is 12.7. The summed E-state index contributed by atoms with van der Waals surface area (Å²) in [4.78, 5) is 0. The molecule has 1 heterocycles. The van der Waals surface area contributed by atoms with E-state index in [1.165, 1.54) is 18.4 Å². The molecule has 0 aliphatic heterocycles. The highest BCUT2D eigenvalue weighted by molar-refractivity contribution is 5.80. The molecule has 4 heteroatoms. The third-order valence-electron chi connectivity index (χ3n) is 4.26. The molecule has 112 valence electrons. The Kier molecular flexibility index (Phi) is 3.29. The number of rotatable bonds is 5. The van der Waals surface area contributed by atoms with Crippen LogP contribution in [-0.2, 0) is 13.2 Å². The summed E-state index contributed by atoms with van der Waals surface area (Å²) in [6.45, 7) is 3.61. The molecule has 1 aliphatic rings. The predicted molar refractivity (Wildman–Crippen MR) is 85.8 cm³/mol. The molecule has 0 radical (unpaired) electrons. The summed E-state index contributed by atoms with van der Waals surface area (Å²) < 4.78 is 7.99. The number of hydrogen-bond donors (Lipinski definition) is 0. The Morgan fingerprint density at radius 1 is 1.14 bits per heavy atom. The first-order chi connectivity index (χ1) is 10.8. The highest BCUT2D eigenvalue weighted by Crippen LogP contribution is 2.32. The first-order valence-corrected chi connectivity index (χ1v) is 7.81. The van der Waals surface area contributed by atoms with Gasteiger partial charge >= 0.3 is 0 Å². The van der Waals surface area contributed by atoms with Crippen LogP contribution in [0, 0.1) is 12.8 Å². The van der Waals surface area contributed by atoms with Gasteiger partial charge in [0, 0.05) is 12.1 Å². The van der Waals surface area contributed by atoms with Gasteiger partial charge in [-0.25, -0.2) is 4.68 Å². The Bertz CT molecular complexity index is 791. The number of fused-ring (bicyclic) bond motifs is 1. The number of hydrogen-bond acceptors (Lipinski definition) is 3. The summed E-state index contributed by atoms with van der Waals surface area (Å²) >= 11 is 0. The van der Waals surface area contributed by atoms with Gasteiger partial charge in [-0.3, -0.25) is 0 Å². The SMILES string of the molecule is Cc1c(OCc2ccccc2)ccc2c1nnn2CC1CC1. The summed E-state index contributed by atoms with van der Waals surface area (Å²) in [7, 11) is 0. The van der Waals surface area contributed by atoms with Crippen molar-refractivity contribution in [2.45, 2.75) is 32.9 Å². The van der Waals surface area contributed by atoms with Gasteiger partial charge < -0.3 is 4.74 Å². The normalized spacial score (nSPS) is 14.4. The first-order valence-electron chi connectivity index (χ1n) is 7.81. The molecule has 0 atom stereocenters. The van der Waals surface area contributed by atoms with Crippen molar-refractivity contribution in [2.24, 2.45) is 5.92 Å². The summed E-state index contributed by atoms with van der Waals surface area (Å²) in [5, 5.41) is 8.65. The van der Waals surface area contributed by atoms with Crippen LogP contribution < -0.4 is 4.74 Å². The van der Waals surface area contributed by atoms with Crippen LogP contribution in [0.15, 0.2) is 42.5 Å². The van der Waals surface area contributed by atoms with Crippen molar-refractivity contribution >= 4 is 11.0 Å². The van der Waals surface area contributed by atoms with E-state index >= 15 is 0 Å². The predicted octanol–water partition coefficient (Wildman–Crippen LogP) is 3.73. The lowest BCUT2D eigenvalue weighted by atomic mass is 10.2. The first kappa shape index (κ1) is 13.3. The minimum atomic E-state index is 0.573. The molecule has 0 N–H and O–H groups in total. The summed E-state index contributed by atoms with van der Waals surface area (Å²) in [6, 6.07) is 14.3. The smallest absolute Gasteiger partial charge is 0.125 e. The zero-order valence-corrected chi connectivity index (χ0v) is 12.7. The summed E-state index contributed by atoms with van der Waals surface area (Å²) in [5.41, 5.74) is 4.29. The molecular weight excluding hydrogens is 274 g/mol. The Hall–Kier alpha value is -2.36. The van der Waals surface area contributed by atoms with Gasteiger partial charge in [0.25, 0.3) is 0 Å². The Balaban J connectivity index is 1.58. The van der Waals surface area contributed by atoms with Gasteiger partial charge in [0.15, 0.2) is 0 Å². The number of ether oxygens (including phenoxy) is 1. The fraction of sp³-hybridized carbons (Fsp3) is 0.333. The van der Waals surface area contributed by atoms with Gasteiger partial charge in [-0.1, -0.05) is 35.5 Å². The molecule has 0 amide bonds. The van der Waals surface area contributed by atoms with Crippen LogP contribution in [0.3, 0.4) is 0 Å². The lowest BCUT2D eigenvalue weighted by molar-refractivity contribution is 0.304. The molecule has 0 bridgehead atoms. The maximum atomic E-state index is 5.96. The molecule has 0 spiro atoms. The number of aryl methyl sites for hydroxylation is 1. The molecule has 1 aliphatic carbocycles. The second-order valence-corrected chi connectivity index (χ2v) is 6.05. The van der Waals surface area contributed by atoms with Crippen molar-refractivity contribution in [1.82, 2.24) is 15.0 Å². The van der Waals surface area contributed by atoms with Crippen LogP contribution >= 0.6 is 0 Å². The van der Waals surface area contributed by atoms with E-state index in [0.29, 0.717) is 6.61 Å². The molecule has 1 fully saturated rings. The Morgan fingerprint density at radius 2 is 1.95 bits per heavy atom. The van der Waals surface area contributed by atoms with Crippen LogP contribution in [-0.4, -0.2) is 15.0 Å². The maximum Gasteiger partial charge on any atom is 0.125 e. The van der Waals surface area contributed by atoms with E-state index in [9.17, 15) is 0 Å². The largest absolute Gasteiger partial charge is 0.489 e. The second kappa shape index (κ2) is 5.44. The third kappa shape index (κ3) is 2.56. The molecule has 1 aromatic heterocycles. The lowest BCUT2D eigenvalue weighted by Gasteiger charge is -2.09. The third-order valence-corrected chi connectivity index (χ3v) is 4.26. The minimum Gasteiger partial charge on any atom is -0.489 e. The fourth-order valence-electron chi connectivity index (χ4n) is 2.72. The fourth-order valence-corrected chi connectivity index (χ4v) is 2.72. The topological polar surface area (TPSA) is 39.9 Å². The standard InChI is InChI=1S/C18H19N3O/c1-13-17(22-12-15-5-3-2-4-6-15)10-9-16-18(13)19-20-21(16)11-14-7-8-14/h2-6,9-10,14H,7-8,11-12H2,1H3. The van der Waals surface area contributed by atoms with E-state index in [1.54, 1.807) is 0 Å². The van der Waals surface area contributed by atoms with E-state index in [2.05, 4.69) is 35.4 Å². The van der Waals surface area contributed by atoms with Crippen molar-refractivity contribution in [3.05, 3.63) is 53.6 Å². The molecule has 1 saturated carbocycles. The van der Waals surface area contributed by atoms with Crippen molar-refractivity contribution < 1.29 is 4.74 Å². The molecule has 22 heavy (non-hydrogen) atoms. The van der Waals surface area contributed by atoms with Gasteiger partial charge in [-0.2, -0.15) is 0 Å². The highest BCUT2D eigenvalue weighted by atomic mass is 16.5. The summed E-state index contributed by atoms with van der Waals surface area (Å²) in [6.07, 6.45) is 2.64. The zero-order chi connectivity index (χ0) is 14.9. The number of benzene rings is 2. The maximum absolute atomic E-state index is 5.96. The van der Waals surface area contributed by atoms with Gasteiger partial charge in [0.05, 0.1) is 5.52 Å². The van der Waals surface area contributed by atoms with Crippen LogP contribution in [0.25, 0.3) is 11.0 Å². The number of aromatic nitrogens is 3. The summed E-state index contributed by atoms with van der Waals surface area (Å²) in [5.74, 6) is 1.68. The van der Waals surface area contributed by atoms with Crippen molar-refractivity contribution in [1.29, 1.82) is 0 Å². The van der Waals surface area contributed by atoms with Gasteiger partial charge in [0.2, 0.25) is 0 Å². The molecular formula is C18H19N3O. The van der Waals surface area contributed by atoms with Crippen molar-refractivity contribution in [3.8, 4) is 5.75 Å². The van der Waals surface area contributed by atoms with Crippen LogP contribution in [0.1, 0.15) is 24.0 Å². The Labute approximate surface area is 129 Å². The average molecular weight is 293 g/mol. The molecule has 0 saturated heterocycles. The van der Waals surface area contributed by atoms with Crippen LogP contribution in [0.2, 0.25) is 0 Å². The van der Waals surface area contributed by atoms with Gasteiger partial charge in [0.1, 0.15) is 17.9 Å².